The van der Waals surface area contributed by atoms with Crippen LogP contribution in [0.4, 0.5) is 0 Å². The Bertz CT molecular complexity index is 796. The summed E-state index contributed by atoms with van der Waals surface area (Å²) in [6, 6.07) is 5.80. The van der Waals surface area contributed by atoms with Crippen LogP contribution in [0, 0.1) is 5.41 Å². The normalized spacial score (nSPS) is 19.7. The van der Waals surface area contributed by atoms with Crippen molar-refractivity contribution in [1.82, 2.24) is 10.0 Å². The Labute approximate surface area is 153 Å². The predicted molar refractivity (Wildman–Crippen MR) is 95.3 cm³/mol. The van der Waals surface area contributed by atoms with Crippen LogP contribution < -0.4 is 10.0 Å². The highest BCUT2D eigenvalue weighted by molar-refractivity contribution is 7.89. The molecule has 2 aliphatic rings. The highest BCUT2D eigenvalue weighted by atomic mass is 32.2. The fraction of sp³-hybridized carbons (Fsp3) is 0.556. The number of rotatable bonds is 7. The number of carboxylic acid groups (broad SMARTS) is 1. The number of amides is 1. The predicted octanol–water partition coefficient (Wildman–Crippen LogP) is 1.89. The second kappa shape index (κ2) is 7.36. The van der Waals surface area contributed by atoms with Crippen LogP contribution in [0.25, 0.3) is 0 Å². The number of hydrogen-bond donors (Lipinski definition) is 3. The Morgan fingerprint density at radius 2 is 1.85 bits per heavy atom. The molecule has 0 heterocycles. The first kappa shape index (κ1) is 18.8. The first-order chi connectivity index (χ1) is 12.3. The van der Waals surface area contributed by atoms with E-state index in [0.717, 1.165) is 32.1 Å². The second-order valence-electron chi connectivity index (χ2n) is 7.25. The van der Waals surface area contributed by atoms with E-state index < -0.39 is 27.3 Å². The summed E-state index contributed by atoms with van der Waals surface area (Å²) in [7, 11) is -3.64. The van der Waals surface area contributed by atoms with Crippen LogP contribution in [0.5, 0.6) is 0 Å². The summed E-state index contributed by atoms with van der Waals surface area (Å²) in [4.78, 5) is 24.2. The molecule has 3 rings (SSSR count). The van der Waals surface area contributed by atoms with Gasteiger partial charge in [0.25, 0.3) is 5.91 Å². The fourth-order valence-corrected chi connectivity index (χ4v) is 4.69. The molecule has 0 spiro atoms. The Kier molecular flexibility index (Phi) is 5.34. The van der Waals surface area contributed by atoms with Crippen molar-refractivity contribution in [2.75, 3.05) is 6.54 Å². The van der Waals surface area contributed by atoms with Crippen LogP contribution in [0.15, 0.2) is 29.2 Å². The summed E-state index contributed by atoms with van der Waals surface area (Å²) < 4.78 is 27.1. The Hall–Kier alpha value is -1.93. The lowest BCUT2D eigenvalue weighted by molar-refractivity contribution is -0.150. The van der Waals surface area contributed by atoms with E-state index in [0.29, 0.717) is 12.8 Å². The van der Waals surface area contributed by atoms with Crippen molar-refractivity contribution >= 4 is 21.9 Å². The molecular formula is C18H24N2O5S. The van der Waals surface area contributed by atoms with Crippen LogP contribution in [-0.4, -0.2) is 38.0 Å². The highest BCUT2D eigenvalue weighted by Gasteiger charge is 2.39. The van der Waals surface area contributed by atoms with Crippen LogP contribution >= 0.6 is 0 Å². The lowest BCUT2D eigenvalue weighted by Crippen LogP contribution is -2.44. The number of carboxylic acids is 1. The number of carbonyl (C=O) groups excluding carboxylic acids is 1. The fourth-order valence-electron chi connectivity index (χ4n) is 3.34. The largest absolute Gasteiger partial charge is 0.481 e. The molecule has 0 saturated heterocycles. The maximum atomic E-state index is 12.4. The first-order valence-electron chi connectivity index (χ1n) is 8.96. The quantitative estimate of drug-likeness (QED) is 0.669. The topological polar surface area (TPSA) is 113 Å². The Balaban J connectivity index is 1.69. The van der Waals surface area contributed by atoms with Crippen molar-refractivity contribution in [3.05, 3.63) is 29.8 Å². The van der Waals surface area contributed by atoms with Gasteiger partial charge in [-0.05, 0) is 43.9 Å². The third kappa shape index (κ3) is 4.24. The molecule has 2 aliphatic carbocycles. The first-order valence-corrected chi connectivity index (χ1v) is 10.4. The number of hydrogen-bond acceptors (Lipinski definition) is 4. The number of benzene rings is 1. The van der Waals surface area contributed by atoms with Crippen molar-refractivity contribution in [2.24, 2.45) is 5.41 Å². The molecule has 3 N–H and O–H groups in total. The Morgan fingerprint density at radius 3 is 2.46 bits per heavy atom. The minimum absolute atomic E-state index is 0.0146. The van der Waals surface area contributed by atoms with E-state index in [4.69, 9.17) is 0 Å². The summed E-state index contributed by atoms with van der Waals surface area (Å²) in [5, 5.41) is 12.3. The molecule has 0 aromatic heterocycles. The van der Waals surface area contributed by atoms with E-state index in [1.807, 2.05) is 0 Å². The molecule has 7 nitrogen and oxygen atoms in total. The number of sulfonamides is 1. The molecular weight excluding hydrogens is 356 g/mol. The minimum Gasteiger partial charge on any atom is -0.481 e. The molecule has 8 heteroatoms. The van der Waals surface area contributed by atoms with Crippen LogP contribution in [0.1, 0.15) is 55.3 Å². The molecule has 142 valence electrons. The number of nitrogens with one attached hydrogen (secondary N) is 2. The van der Waals surface area contributed by atoms with Crippen molar-refractivity contribution < 1.29 is 23.1 Å². The lowest BCUT2D eigenvalue weighted by atomic mass is 9.74. The summed E-state index contributed by atoms with van der Waals surface area (Å²) >= 11 is 0. The lowest BCUT2D eigenvalue weighted by Gasteiger charge is -2.33. The summed E-state index contributed by atoms with van der Waals surface area (Å²) in [5.74, 6) is -1.35. The third-order valence-corrected chi connectivity index (χ3v) is 6.68. The third-order valence-electron chi connectivity index (χ3n) is 5.16. The molecule has 0 atom stereocenters. The average molecular weight is 380 g/mol. The van der Waals surface area contributed by atoms with Gasteiger partial charge in [0.2, 0.25) is 10.0 Å². The molecule has 0 bridgehead atoms. The van der Waals surface area contributed by atoms with Crippen LogP contribution in [0.3, 0.4) is 0 Å². The van der Waals surface area contributed by atoms with E-state index in [2.05, 4.69) is 10.0 Å². The summed E-state index contributed by atoms with van der Waals surface area (Å²) in [6.45, 7) is 0.0540. The second-order valence-corrected chi connectivity index (χ2v) is 8.97. The van der Waals surface area contributed by atoms with Crippen molar-refractivity contribution in [3.63, 3.8) is 0 Å². The van der Waals surface area contributed by atoms with E-state index in [1.165, 1.54) is 24.3 Å². The van der Waals surface area contributed by atoms with Gasteiger partial charge in [0.1, 0.15) is 0 Å². The molecule has 1 amide bonds. The van der Waals surface area contributed by atoms with E-state index in [9.17, 15) is 23.1 Å². The summed E-state index contributed by atoms with van der Waals surface area (Å²) in [5.41, 5.74) is -0.717. The van der Waals surface area contributed by atoms with Crippen molar-refractivity contribution in [2.45, 2.75) is 55.9 Å². The van der Waals surface area contributed by atoms with Gasteiger partial charge >= 0.3 is 5.97 Å². The molecule has 0 aliphatic heterocycles. The number of carbonyl (C=O) groups is 2. The standard InChI is InChI=1S/C18H24N2O5S/c21-16(19-12-18(17(22)23)9-2-1-3-10-18)13-5-4-6-15(11-13)26(24,25)20-14-7-8-14/h4-6,11,14,20H,1-3,7-10,12H2,(H,19,21)(H,22,23). The minimum atomic E-state index is -3.64. The average Bonchev–Trinajstić information content (AvgIpc) is 3.44. The summed E-state index contributed by atoms with van der Waals surface area (Å²) in [6.07, 6.45) is 5.43. The molecule has 26 heavy (non-hydrogen) atoms. The van der Waals surface area contributed by atoms with Gasteiger partial charge in [-0.3, -0.25) is 9.59 Å². The molecule has 0 unspecified atom stereocenters. The van der Waals surface area contributed by atoms with Crippen LogP contribution in [0.2, 0.25) is 0 Å². The van der Waals surface area contributed by atoms with Crippen LogP contribution in [-0.2, 0) is 14.8 Å². The monoisotopic (exact) mass is 380 g/mol. The SMILES string of the molecule is O=C(NCC1(C(=O)O)CCCCC1)c1cccc(S(=O)(=O)NC2CC2)c1. The van der Waals surface area contributed by atoms with E-state index in [-0.39, 0.29) is 23.0 Å². The molecule has 2 saturated carbocycles. The maximum absolute atomic E-state index is 12.4. The molecule has 0 radical (unpaired) electrons. The molecule has 2 fully saturated rings. The zero-order valence-electron chi connectivity index (χ0n) is 14.5. The van der Waals surface area contributed by atoms with Crippen molar-refractivity contribution in [3.8, 4) is 0 Å². The molecule has 1 aromatic carbocycles. The van der Waals surface area contributed by atoms with Gasteiger partial charge in [-0.25, -0.2) is 13.1 Å². The van der Waals surface area contributed by atoms with Gasteiger partial charge in [0, 0.05) is 18.2 Å². The zero-order chi connectivity index (χ0) is 18.8. The van der Waals surface area contributed by atoms with Gasteiger partial charge in [-0.15, -0.1) is 0 Å². The van der Waals surface area contributed by atoms with Crippen molar-refractivity contribution in [1.29, 1.82) is 0 Å². The highest BCUT2D eigenvalue weighted by Crippen LogP contribution is 2.36. The van der Waals surface area contributed by atoms with E-state index >= 15 is 0 Å². The van der Waals surface area contributed by atoms with Gasteiger partial charge in [0.05, 0.1) is 10.3 Å². The van der Waals surface area contributed by atoms with Gasteiger partial charge in [-0.1, -0.05) is 25.3 Å². The smallest absolute Gasteiger partial charge is 0.311 e. The van der Waals surface area contributed by atoms with Gasteiger partial charge in [0.15, 0.2) is 0 Å². The van der Waals surface area contributed by atoms with Gasteiger partial charge < -0.3 is 10.4 Å². The Morgan fingerprint density at radius 1 is 1.15 bits per heavy atom. The molecule has 1 aromatic rings. The maximum Gasteiger partial charge on any atom is 0.311 e. The number of aliphatic carboxylic acids is 1. The zero-order valence-corrected chi connectivity index (χ0v) is 15.3. The van der Waals surface area contributed by atoms with Gasteiger partial charge in [-0.2, -0.15) is 0 Å². The van der Waals surface area contributed by atoms with E-state index in [1.54, 1.807) is 0 Å².